The summed E-state index contributed by atoms with van der Waals surface area (Å²) in [6.07, 6.45) is -3.50. The molecule has 0 spiro atoms. The monoisotopic (exact) mass is 225 g/mol. The fraction of sp³-hybridized carbons (Fsp3) is 0.417. The van der Waals surface area contributed by atoms with Gasteiger partial charge in [-0.25, -0.2) is 8.78 Å². The molecule has 1 aromatic rings. The van der Waals surface area contributed by atoms with Crippen molar-refractivity contribution in [3.63, 3.8) is 0 Å². The molecule has 0 aliphatic rings. The molecule has 0 heterocycles. The predicted molar refractivity (Wildman–Crippen MR) is 55.8 cm³/mol. The number of aliphatic hydroxyl groups is 1. The molecule has 1 N–H and O–H groups in total. The van der Waals surface area contributed by atoms with Crippen molar-refractivity contribution in [2.24, 2.45) is 5.41 Å². The maximum absolute atomic E-state index is 12.3. The third-order valence-electron chi connectivity index (χ3n) is 2.48. The van der Waals surface area contributed by atoms with Crippen LogP contribution in [0.2, 0.25) is 0 Å². The number of aliphatic hydroxyl groups excluding tert-OH is 1. The lowest BCUT2D eigenvalue weighted by Crippen LogP contribution is -2.19. The van der Waals surface area contributed by atoms with Gasteiger partial charge in [0, 0.05) is 5.56 Å². The Hall–Kier alpha value is -1.47. The Morgan fingerprint density at radius 2 is 1.62 bits per heavy atom. The minimum absolute atomic E-state index is 0.0919. The molecule has 1 unspecified atom stereocenters. The third kappa shape index (κ3) is 2.56. The molecule has 0 fully saturated rings. The van der Waals surface area contributed by atoms with E-state index in [0.717, 1.165) is 0 Å². The lowest BCUT2D eigenvalue weighted by Gasteiger charge is -2.23. The third-order valence-corrected chi connectivity index (χ3v) is 2.48. The molecule has 86 valence electrons. The van der Waals surface area contributed by atoms with Gasteiger partial charge in [-0.2, -0.15) is 5.26 Å². The van der Waals surface area contributed by atoms with Gasteiger partial charge in [0.05, 0.1) is 17.6 Å². The number of halogens is 2. The van der Waals surface area contributed by atoms with Crippen LogP contribution in [0.3, 0.4) is 0 Å². The average Bonchev–Trinajstić information content (AvgIpc) is 2.28. The molecule has 0 aromatic heterocycles. The summed E-state index contributed by atoms with van der Waals surface area (Å²) >= 11 is 0. The highest BCUT2D eigenvalue weighted by Crippen LogP contribution is 2.33. The summed E-state index contributed by atoms with van der Waals surface area (Å²) in [7, 11) is 0. The summed E-state index contributed by atoms with van der Waals surface area (Å²) in [6.45, 7) is 3.19. The van der Waals surface area contributed by atoms with Crippen molar-refractivity contribution in [1.82, 2.24) is 0 Å². The predicted octanol–water partition coefficient (Wildman–Crippen LogP) is 3.21. The van der Waals surface area contributed by atoms with Crippen molar-refractivity contribution < 1.29 is 13.9 Å². The molecule has 0 aliphatic heterocycles. The topological polar surface area (TPSA) is 44.0 Å². The van der Waals surface area contributed by atoms with Crippen LogP contribution < -0.4 is 0 Å². The molecular formula is C12H13F2NO. The van der Waals surface area contributed by atoms with Gasteiger partial charge in [0.15, 0.2) is 0 Å². The first kappa shape index (κ1) is 12.6. The summed E-state index contributed by atoms with van der Waals surface area (Å²) < 4.78 is 24.6. The van der Waals surface area contributed by atoms with E-state index in [0.29, 0.717) is 5.56 Å². The van der Waals surface area contributed by atoms with Gasteiger partial charge < -0.3 is 5.11 Å². The lowest BCUT2D eigenvalue weighted by molar-refractivity contribution is 0.0866. The first-order chi connectivity index (χ1) is 7.38. The molecule has 0 saturated carbocycles. The molecule has 0 aliphatic carbocycles. The molecule has 1 rings (SSSR count). The Morgan fingerprint density at radius 3 is 2.00 bits per heavy atom. The van der Waals surface area contributed by atoms with Gasteiger partial charge in [-0.1, -0.05) is 24.3 Å². The lowest BCUT2D eigenvalue weighted by atomic mass is 9.84. The van der Waals surface area contributed by atoms with E-state index in [2.05, 4.69) is 0 Å². The normalized spacial score (nSPS) is 13.6. The first-order valence-electron chi connectivity index (χ1n) is 4.86. The van der Waals surface area contributed by atoms with Crippen LogP contribution in [0.5, 0.6) is 0 Å². The van der Waals surface area contributed by atoms with Crippen LogP contribution in [-0.4, -0.2) is 5.11 Å². The molecule has 16 heavy (non-hydrogen) atoms. The van der Waals surface area contributed by atoms with Gasteiger partial charge in [0.1, 0.15) is 0 Å². The van der Waals surface area contributed by atoms with Crippen LogP contribution in [0.1, 0.15) is 37.5 Å². The first-order valence-corrected chi connectivity index (χ1v) is 4.86. The fourth-order valence-corrected chi connectivity index (χ4v) is 1.30. The number of benzene rings is 1. The van der Waals surface area contributed by atoms with Gasteiger partial charge in [-0.3, -0.25) is 0 Å². The molecule has 0 amide bonds. The second-order valence-electron chi connectivity index (χ2n) is 4.20. The van der Waals surface area contributed by atoms with E-state index in [1.807, 2.05) is 6.07 Å². The molecular weight excluding hydrogens is 212 g/mol. The molecule has 0 radical (unpaired) electrons. The van der Waals surface area contributed by atoms with Crippen molar-refractivity contribution in [2.45, 2.75) is 26.4 Å². The average molecular weight is 225 g/mol. The van der Waals surface area contributed by atoms with Gasteiger partial charge in [0.25, 0.3) is 6.43 Å². The quantitative estimate of drug-likeness (QED) is 0.858. The van der Waals surface area contributed by atoms with Crippen molar-refractivity contribution in [1.29, 1.82) is 5.26 Å². The minimum Gasteiger partial charge on any atom is -0.387 e. The van der Waals surface area contributed by atoms with Gasteiger partial charge in [0.2, 0.25) is 0 Å². The number of hydrogen-bond donors (Lipinski definition) is 1. The van der Waals surface area contributed by atoms with Crippen LogP contribution in [-0.2, 0) is 0 Å². The van der Waals surface area contributed by atoms with E-state index in [9.17, 15) is 13.9 Å². The Bertz CT molecular complexity index is 392. The molecule has 1 atom stereocenters. The summed E-state index contributed by atoms with van der Waals surface area (Å²) in [4.78, 5) is 0. The zero-order chi connectivity index (χ0) is 12.3. The molecule has 0 bridgehead atoms. The fourth-order valence-electron chi connectivity index (χ4n) is 1.30. The Balaban J connectivity index is 2.95. The van der Waals surface area contributed by atoms with E-state index in [-0.39, 0.29) is 5.56 Å². The van der Waals surface area contributed by atoms with Gasteiger partial charge in [-0.15, -0.1) is 0 Å². The second kappa shape index (κ2) is 4.58. The smallest absolute Gasteiger partial charge is 0.263 e. The van der Waals surface area contributed by atoms with E-state index in [1.54, 1.807) is 13.8 Å². The maximum Gasteiger partial charge on any atom is 0.263 e. The van der Waals surface area contributed by atoms with Crippen LogP contribution in [0.4, 0.5) is 8.78 Å². The van der Waals surface area contributed by atoms with Gasteiger partial charge >= 0.3 is 0 Å². The van der Waals surface area contributed by atoms with Gasteiger partial charge in [-0.05, 0) is 19.4 Å². The summed E-state index contributed by atoms with van der Waals surface area (Å²) in [6, 6.07) is 7.34. The van der Waals surface area contributed by atoms with Crippen LogP contribution in [0, 0.1) is 16.7 Å². The minimum atomic E-state index is -2.52. The Labute approximate surface area is 93.1 Å². The highest BCUT2D eigenvalue weighted by Gasteiger charge is 2.28. The maximum atomic E-state index is 12.3. The summed E-state index contributed by atoms with van der Waals surface area (Å²) in [5, 5.41) is 18.7. The summed E-state index contributed by atoms with van der Waals surface area (Å²) in [5.41, 5.74) is -0.562. The number of alkyl halides is 2. The molecule has 2 nitrogen and oxygen atoms in total. The van der Waals surface area contributed by atoms with E-state index < -0.39 is 17.9 Å². The zero-order valence-electron chi connectivity index (χ0n) is 9.11. The van der Waals surface area contributed by atoms with Crippen molar-refractivity contribution in [2.75, 3.05) is 0 Å². The van der Waals surface area contributed by atoms with Crippen LogP contribution >= 0.6 is 0 Å². The van der Waals surface area contributed by atoms with Crippen LogP contribution in [0.25, 0.3) is 0 Å². The van der Waals surface area contributed by atoms with Crippen molar-refractivity contribution >= 4 is 0 Å². The summed E-state index contributed by atoms with van der Waals surface area (Å²) in [5.74, 6) is 0. The number of hydrogen-bond acceptors (Lipinski definition) is 2. The van der Waals surface area contributed by atoms with Crippen molar-refractivity contribution in [3.05, 3.63) is 35.4 Å². The number of nitrogens with zero attached hydrogens (tertiary/aromatic N) is 1. The largest absolute Gasteiger partial charge is 0.387 e. The number of rotatable bonds is 3. The molecule has 0 saturated heterocycles. The van der Waals surface area contributed by atoms with Crippen LogP contribution in [0.15, 0.2) is 24.3 Å². The van der Waals surface area contributed by atoms with E-state index in [1.165, 1.54) is 24.3 Å². The Kier molecular flexibility index (Phi) is 3.61. The molecule has 4 heteroatoms. The number of nitriles is 1. The zero-order valence-corrected chi connectivity index (χ0v) is 9.11. The SMILES string of the molecule is CC(C)(C#N)C(O)c1ccc(C(F)F)cc1. The van der Waals surface area contributed by atoms with E-state index in [4.69, 9.17) is 5.26 Å². The second-order valence-corrected chi connectivity index (χ2v) is 4.20. The van der Waals surface area contributed by atoms with Crippen molar-refractivity contribution in [3.8, 4) is 6.07 Å². The highest BCUT2D eigenvalue weighted by atomic mass is 19.3. The molecule has 1 aromatic carbocycles. The highest BCUT2D eigenvalue weighted by molar-refractivity contribution is 5.27. The van der Waals surface area contributed by atoms with E-state index >= 15 is 0 Å². The standard InChI is InChI=1S/C12H13F2NO/c1-12(2,7-15)10(16)8-3-5-9(6-4-8)11(13)14/h3-6,10-11,16H,1-2H3. The Morgan fingerprint density at radius 1 is 1.19 bits per heavy atom.